The molecule has 25 heavy (non-hydrogen) atoms. The van der Waals surface area contributed by atoms with Gasteiger partial charge in [-0.15, -0.1) is 11.3 Å². The van der Waals surface area contributed by atoms with Gasteiger partial charge in [-0.2, -0.15) is 0 Å². The maximum absolute atomic E-state index is 12.2. The summed E-state index contributed by atoms with van der Waals surface area (Å²) in [5, 5.41) is 5.21. The fourth-order valence-corrected chi connectivity index (χ4v) is 4.21. The second-order valence-electron chi connectivity index (χ2n) is 7.15. The summed E-state index contributed by atoms with van der Waals surface area (Å²) in [5.41, 5.74) is 0. The van der Waals surface area contributed by atoms with Crippen molar-refractivity contribution in [3.05, 3.63) is 22.4 Å². The Balaban J connectivity index is 1.28. The highest BCUT2D eigenvalue weighted by molar-refractivity contribution is 7.09. The van der Waals surface area contributed by atoms with Crippen molar-refractivity contribution in [3.8, 4) is 0 Å². The van der Waals surface area contributed by atoms with Crippen LogP contribution in [0.1, 0.15) is 37.5 Å². The molecule has 2 aliphatic rings. The minimum atomic E-state index is -0.400. The highest BCUT2D eigenvalue weighted by Gasteiger charge is 2.22. The number of nitrogens with one attached hydrogen (secondary N) is 1. The van der Waals surface area contributed by atoms with Crippen LogP contribution in [0.25, 0.3) is 0 Å². The summed E-state index contributed by atoms with van der Waals surface area (Å²) < 4.78 is 11.2. The molecule has 140 valence electrons. The molecule has 2 aliphatic heterocycles. The topological polar surface area (TPSA) is 50.8 Å². The van der Waals surface area contributed by atoms with Crippen molar-refractivity contribution in [2.45, 2.75) is 51.4 Å². The van der Waals surface area contributed by atoms with Gasteiger partial charge in [-0.05, 0) is 63.1 Å². The van der Waals surface area contributed by atoms with Gasteiger partial charge in [0.15, 0.2) is 0 Å². The number of likely N-dealkylation sites (tertiary alicyclic amines) is 1. The predicted octanol–water partition coefficient (Wildman–Crippen LogP) is 2.66. The summed E-state index contributed by atoms with van der Waals surface area (Å²) in [6.45, 7) is 7.22. The molecule has 2 saturated heterocycles. The minimum absolute atomic E-state index is 0.000915. The fraction of sp³-hybridized carbons (Fsp3) is 0.737. The molecule has 2 atom stereocenters. The second kappa shape index (κ2) is 9.67. The molecular formula is C19H30N2O3S. The van der Waals surface area contributed by atoms with Crippen molar-refractivity contribution in [1.82, 2.24) is 10.2 Å². The van der Waals surface area contributed by atoms with Gasteiger partial charge >= 0.3 is 0 Å². The van der Waals surface area contributed by atoms with Crippen molar-refractivity contribution in [1.29, 1.82) is 0 Å². The number of thiophene rings is 1. The number of amides is 1. The zero-order valence-electron chi connectivity index (χ0n) is 15.1. The van der Waals surface area contributed by atoms with E-state index in [9.17, 15) is 4.79 Å². The van der Waals surface area contributed by atoms with E-state index in [-0.39, 0.29) is 12.0 Å². The van der Waals surface area contributed by atoms with Crippen molar-refractivity contribution in [3.63, 3.8) is 0 Å². The lowest BCUT2D eigenvalue weighted by Gasteiger charge is -2.31. The first-order valence-corrected chi connectivity index (χ1v) is 10.3. The van der Waals surface area contributed by atoms with Crippen molar-refractivity contribution in [2.24, 2.45) is 5.92 Å². The summed E-state index contributed by atoms with van der Waals surface area (Å²) in [5.74, 6) is 0.577. The lowest BCUT2D eigenvalue weighted by molar-refractivity contribution is -0.134. The number of carbonyl (C=O) groups excluding carboxylic acids is 1. The Hall–Kier alpha value is -0.950. The van der Waals surface area contributed by atoms with Crippen LogP contribution in [0.4, 0.5) is 0 Å². The predicted molar refractivity (Wildman–Crippen MR) is 99.7 cm³/mol. The standard InChI is InChI=1S/C19H30N2O3S/c1-15(24-14-17-4-2-10-23-17)19(22)20-12-16-6-8-21(9-7-16)13-18-5-3-11-25-18/h3,5,11,15-17H,2,4,6-10,12-14H2,1H3,(H,20,22). The molecule has 3 rings (SSSR count). The normalized spacial score (nSPS) is 23.6. The molecule has 0 radical (unpaired) electrons. The van der Waals surface area contributed by atoms with E-state index in [1.807, 2.05) is 18.3 Å². The van der Waals surface area contributed by atoms with Gasteiger partial charge in [0.1, 0.15) is 6.10 Å². The Labute approximate surface area is 154 Å². The molecule has 0 spiro atoms. The average Bonchev–Trinajstić information content (AvgIpc) is 3.32. The van der Waals surface area contributed by atoms with Gasteiger partial charge in [0, 0.05) is 24.6 Å². The van der Waals surface area contributed by atoms with Crippen molar-refractivity contribution < 1.29 is 14.3 Å². The van der Waals surface area contributed by atoms with Crippen LogP contribution in [0.15, 0.2) is 17.5 Å². The van der Waals surface area contributed by atoms with Crippen LogP contribution in [-0.4, -0.2) is 55.9 Å². The number of nitrogens with zero attached hydrogens (tertiary/aromatic N) is 1. The number of piperidine rings is 1. The Morgan fingerprint density at radius 2 is 2.28 bits per heavy atom. The summed E-state index contributed by atoms with van der Waals surface area (Å²) in [6, 6.07) is 4.32. The van der Waals surface area contributed by atoms with E-state index in [2.05, 4.69) is 27.7 Å². The summed E-state index contributed by atoms with van der Waals surface area (Å²) in [7, 11) is 0. The monoisotopic (exact) mass is 366 g/mol. The second-order valence-corrected chi connectivity index (χ2v) is 8.19. The van der Waals surface area contributed by atoms with Gasteiger partial charge in [0.2, 0.25) is 5.91 Å². The third-order valence-electron chi connectivity index (χ3n) is 5.16. The lowest BCUT2D eigenvalue weighted by Crippen LogP contribution is -2.41. The number of ether oxygens (including phenoxy) is 2. The number of rotatable bonds is 8. The van der Waals surface area contributed by atoms with Crippen LogP contribution in [0.5, 0.6) is 0 Å². The first kappa shape index (κ1) is 18.8. The Morgan fingerprint density at radius 1 is 1.44 bits per heavy atom. The molecule has 0 bridgehead atoms. The van der Waals surface area contributed by atoms with Gasteiger partial charge < -0.3 is 14.8 Å². The molecule has 0 aliphatic carbocycles. The van der Waals surface area contributed by atoms with Crippen molar-refractivity contribution in [2.75, 3.05) is 32.8 Å². The van der Waals surface area contributed by atoms with E-state index < -0.39 is 6.10 Å². The van der Waals surface area contributed by atoms with Gasteiger partial charge in [-0.1, -0.05) is 6.07 Å². The molecule has 1 amide bonds. The summed E-state index contributed by atoms with van der Waals surface area (Å²) in [6.07, 6.45) is 4.21. The van der Waals surface area contributed by atoms with E-state index in [1.165, 1.54) is 4.88 Å². The molecule has 1 aromatic heterocycles. The van der Waals surface area contributed by atoms with E-state index in [0.29, 0.717) is 12.5 Å². The molecule has 0 aromatic carbocycles. The maximum atomic E-state index is 12.2. The molecule has 5 nitrogen and oxygen atoms in total. The van der Waals surface area contributed by atoms with Crippen LogP contribution < -0.4 is 5.32 Å². The summed E-state index contributed by atoms with van der Waals surface area (Å²) >= 11 is 1.83. The van der Waals surface area contributed by atoms with Crippen LogP contribution in [0.2, 0.25) is 0 Å². The fourth-order valence-electron chi connectivity index (χ4n) is 3.46. The van der Waals surface area contributed by atoms with E-state index >= 15 is 0 Å². The van der Waals surface area contributed by atoms with Gasteiger partial charge in [-0.3, -0.25) is 9.69 Å². The lowest BCUT2D eigenvalue weighted by atomic mass is 9.96. The van der Waals surface area contributed by atoms with Crippen LogP contribution >= 0.6 is 11.3 Å². The highest BCUT2D eigenvalue weighted by atomic mass is 32.1. The first-order chi connectivity index (χ1) is 12.2. The quantitative estimate of drug-likeness (QED) is 0.768. The van der Waals surface area contributed by atoms with E-state index in [0.717, 1.165) is 58.5 Å². The molecule has 2 unspecified atom stereocenters. The SMILES string of the molecule is CC(OCC1CCCO1)C(=O)NCC1CCN(Cc2cccs2)CC1. The molecular weight excluding hydrogens is 336 g/mol. The van der Waals surface area contributed by atoms with E-state index in [4.69, 9.17) is 9.47 Å². The first-order valence-electron chi connectivity index (χ1n) is 9.46. The minimum Gasteiger partial charge on any atom is -0.376 e. The van der Waals surface area contributed by atoms with Crippen LogP contribution in [0.3, 0.4) is 0 Å². The largest absolute Gasteiger partial charge is 0.376 e. The number of hydrogen-bond acceptors (Lipinski definition) is 5. The number of hydrogen-bond donors (Lipinski definition) is 1. The Bertz CT molecular complexity index is 509. The molecule has 3 heterocycles. The van der Waals surface area contributed by atoms with Crippen LogP contribution in [-0.2, 0) is 20.8 Å². The molecule has 6 heteroatoms. The third-order valence-corrected chi connectivity index (χ3v) is 6.02. The molecule has 1 aromatic rings. The third kappa shape index (κ3) is 6.06. The zero-order valence-corrected chi connectivity index (χ0v) is 15.9. The molecule has 2 fully saturated rings. The van der Waals surface area contributed by atoms with Crippen LogP contribution in [0, 0.1) is 5.92 Å². The smallest absolute Gasteiger partial charge is 0.248 e. The average molecular weight is 367 g/mol. The molecule has 0 saturated carbocycles. The van der Waals surface area contributed by atoms with Gasteiger partial charge in [-0.25, -0.2) is 0 Å². The van der Waals surface area contributed by atoms with Gasteiger partial charge in [0.25, 0.3) is 0 Å². The molecule has 1 N–H and O–H groups in total. The highest BCUT2D eigenvalue weighted by Crippen LogP contribution is 2.20. The Kier molecular flexibility index (Phi) is 7.28. The zero-order chi connectivity index (χ0) is 17.5. The van der Waals surface area contributed by atoms with E-state index in [1.54, 1.807) is 0 Å². The Morgan fingerprint density at radius 3 is 2.96 bits per heavy atom. The van der Waals surface area contributed by atoms with Crippen molar-refractivity contribution >= 4 is 17.2 Å². The number of carbonyl (C=O) groups is 1. The van der Waals surface area contributed by atoms with Gasteiger partial charge in [0.05, 0.1) is 12.7 Å². The maximum Gasteiger partial charge on any atom is 0.248 e. The summed E-state index contributed by atoms with van der Waals surface area (Å²) in [4.78, 5) is 16.1.